The molecule has 0 bridgehead atoms. The molecule has 1 saturated carbocycles. The lowest BCUT2D eigenvalue weighted by Crippen LogP contribution is -2.21. The first-order chi connectivity index (χ1) is 16.2. The number of amides is 1. The number of aryl methyl sites for hydroxylation is 2. The second-order valence-corrected chi connectivity index (χ2v) is 11.4. The SMILES string of the molecule is Cc1ccc2c(c1)[C@]1(C[C@H]1c1ccc3c(Nc4ncc(S(C)(=O)=O)cc4C)n[nH]c3c1)C(=O)N2. The number of sulfone groups is 1. The average Bonchev–Trinajstić information content (AvgIpc) is 3.34. The number of pyridine rings is 1. The van der Waals surface area contributed by atoms with Crippen LogP contribution in [0.4, 0.5) is 17.3 Å². The molecule has 6 rings (SSSR count). The number of carbonyl (C=O) groups excluding carboxylic acids is 1. The van der Waals surface area contributed by atoms with E-state index in [0.717, 1.165) is 46.0 Å². The molecule has 8 nitrogen and oxygen atoms in total. The summed E-state index contributed by atoms with van der Waals surface area (Å²) in [6.07, 6.45) is 3.29. The molecule has 2 aliphatic rings. The molecule has 0 unspecified atom stereocenters. The molecule has 1 aliphatic carbocycles. The van der Waals surface area contributed by atoms with Gasteiger partial charge in [0, 0.05) is 29.4 Å². The van der Waals surface area contributed by atoms with Crippen molar-refractivity contribution in [1.29, 1.82) is 0 Å². The summed E-state index contributed by atoms with van der Waals surface area (Å²) in [4.78, 5) is 17.4. The molecular weight excluding hydrogens is 450 g/mol. The number of H-pyrrole nitrogens is 1. The number of nitrogens with one attached hydrogen (secondary N) is 3. The van der Waals surface area contributed by atoms with E-state index in [1.54, 1.807) is 13.0 Å². The molecule has 1 amide bonds. The van der Waals surface area contributed by atoms with E-state index in [0.29, 0.717) is 17.2 Å². The van der Waals surface area contributed by atoms with Gasteiger partial charge >= 0.3 is 0 Å². The summed E-state index contributed by atoms with van der Waals surface area (Å²) in [6, 6.07) is 13.8. The van der Waals surface area contributed by atoms with Crippen LogP contribution in [0.25, 0.3) is 10.9 Å². The molecule has 2 aromatic carbocycles. The summed E-state index contributed by atoms with van der Waals surface area (Å²) < 4.78 is 23.6. The van der Waals surface area contributed by atoms with Crippen molar-refractivity contribution in [2.45, 2.75) is 36.5 Å². The number of carbonyl (C=O) groups is 1. The van der Waals surface area contributed by atoms with E-state index in [1.807, 2.05) is 25.1 Å². The predicted octanol–water partition coefficient (Wildman–Crippen LogP) is 4.10. The van der Waals surface area contributed by atoms with Crippen LogP contribution in [0.15, 0.2) is 53.6 Å². The summed E-state index contributed by atoms with van der Waals surface area (Å²) in [6.45, 7) is 3.85. The summed E-state index contributed by atoms with van der Waals surface area (Å²) in [5.41, 5.74) is 5.32. The third kappa shape index (κ3) is 3.03. The van der Waals surface area contributed by atoms with Gasteiger partial charge in [0.1, 0.15) is 5.82 Å². The van der Waals surface area contributed by atoms with Gasteiger partial charge in [0.15, 0.2) is 15.7 Å². The number of rotatable bonds is 4. The van der Waals surface area contributed by atoms with Crippen LogP contribution in [0.3, 0.4) is 0 Å². The molecule has 9 heteroatoms. The van der Waals surface area contributed by atoms with Crippen molar-refractivity contribution < 1.29 is 13.2 Å². The van der Waals surface area contributed by atoms with Crippen LogP contribution in [0.2, 0.25) is 0 Å². The van der Waals surface area contributed by atoms with Crippen LogP contribution in [0.1, 0.15) is 34.6 Å². The molecule has 2 aromatic heterocycles. The number of aromatic amines is 1. The van der Waals surface area contributed by atoms with Crippen molar-refractivity contribution in [2.24, 2.45) is 0 Å². The van der Waals surface area contributed by atoms with Crippen molar-refractivity contribution in [3.8, 4) is 0 Å². The van der Waals surface area contributed by atoms with Crippen LogP contribution >= 0.6 is 0 Å². The molecule has 3 N–H and O–H groups in total. The Kier molecular flexibility index (Phi) is 4.23. The second kappa shape index (κ2) is 6.89. The molecule has 1 aliphatic heterocycles. The fourth-order valence-corrected chi connectivity index (χ4v) is 5.69. The Bertz CT molecular complexity index is 1630. The van der Waals surface area contributed by atoms with Gasteiger partial charge in [-0.1, -0.05) is 23.8 Å². The van der Waals surface area contributed by atoms with Gasteiger partial charge < -0.3 is 10.6 Å². The lowest BCUT2D eigenvalue weighted by molar-refractivity contribution is -0.118. The van der Waals surface area contributed by atoms with Crippen LogP contribution in [-0.4, -0.2) is 35.8 Å². The number of hydrogen-bond donors (Lipinski definition) is 3. The number of fused-ring (bicyclic) bond motifs is 3. The number of hydrogen-bond acceptors (Lipinski definition) is 6. The lowest BCUT2D eigenvalue weighted by atomic mass is 9.91. The molecule has 2 atom stereocenters. The molecule has 0 saturated heterocycles. The highest BCUT2D eigenvalue weighted by molar-refractivity contribution is 7.90. The van der Waals surface area contributed by atoms with Gasteiger partial charge in [-0.2, -0.15) is 5.10 Å². The van der Waals surface area contributed by atoms with E-state index >= 15 is 0 Å². The molecule has 0 radical (unpaired) electrons. The first-order valence-electron chi connectivity index (χ1n) is 11.0. The maximum Gasteiger partial charge on any atom is 0.235 e. The van der Waals surface area contributed by atoms with Crippen LogP contribution in [-0.2, 0) is 20.0 Å². The van der Waals surface area contributed by atoms with Gasteiger partial charge in [0.05, 0.1) is 15.8 Å². The average molecular weight is 474 g/mol. The Morgan fingerprint density at radius 2 is 1.91 bits per heavy atom. The Morgan fingerprint density at radius 3 is 2.68 bits per heavy atom. The highest BCUT2D eigenvalue weighted by atomic mass is 32.2. The zero-order chi connectivity index (χ0) is 23.8. The van der Waals surface area contributed by atoms with Crippen molar-refractivity contribution in [3.05, 3.63) is 70.9 Å². The highest BCUT2D eigenvalue weighted by Gasteiger charge is 2.65. The zero-order valence-electron chi connectivity index (χ0n) is 18.9. The maximum absolute atomic E-state index is 12.9. The van der Waals surface area contributed by atoms with Gasteiger partial charge in [0.25, 0.3) is 0 Å². The molecule has 3 heterocycles. The fraction of sp³-hybridized carbons (Fsp3) is 0.240. The second-order valence-electron chi connectivity index (χ2n) is 9.34. The minimum Gasteiger partial charge on any atom is -0.325 e. The first kappa shape index (κ1) is 20.9. The van der Waals surface area contributed by atoms with Crippen molar-refractivity contribution in [2.75, 3.05) is 16.9 Å². The normalized spacial score (nSPS) is 21.0. The van der Waals surface area contributed by atoms with E-state index in [1.165, 1.54) is 6.20 Å². The fourth-order valence-electron chi connectivity index (χ4n) is 5.05. The molecule has 172 valence electrons. The number of aromatic nitrogens is 3. The largest absolute Gasteiger partial charge is 0.325 e. The smallest absolute Gasteiger partial charge is 0.235 e. The van der Waals surface area contributed by atoms with Crippen molar-refractivity contribution in [1.82, 2.24) is 15.2 Å². The number of benzene rings is 2. The third-order valence-electron chi connectivity index (χ3n) is 6.98. The molecule has 34 heavy (non-hydrogen) atoms. The Labute approximate surface area is 196 Å². The number of nitrogens with zero attached hydrogens (tertiary/aromatic N) is 2. The quantitative estimate of drug-likeness (QED) is 0.411. The minimum absolute atomic E-state index is 0.0734. The van der Waals surface area contributed by atoms with E-state index < -0.39 is 15.3 Å². The number of anilines is 3. The monoisotopic (exact) mass is 473 g/mol. The van der Waals surface area contributed by atoms with E-state index in [4.69, 9.17) is 0 Å². The Hall–Kier alpha value is -3.72. The van der Waals surface area contributed by atoms with Gasteiger partial charge in [-0.05, 0) is 61.2 Å². The summed E-state index contributed by atoms with van der Waals surface area (Å²) >= 11 is 0. The van der Waals surface area contributed by atoms with E-state index in [-0.39, 0.29) is 16.7 Å². The molecule has 4 aromatic rings. The maximum atomic E-state index is 12.9. The van der Waals surface area contributed by atoms with Crippen LogP contribution < -0.4 is 10.6 Å². The standard InChI is InChI=1S/C25H23N5O3S/c1-13-4-7-20-18(8-13)25(24(31)27-20)11-19(25)15-5-6-17-21(10-15)29-30-23(17)28-22-14(2)9-16(12-26-22)34(3,32)33/h4-10,12,19H,11H2,1-3H3,(H,27,31)(H2,26,28,29,30)/t19-,25-/m0/s1. The van der Waals surface area contributed by atoms with Gasteiger partial charge in [-0.15, -0.1) is 0 Å². The van der Waals surface area contributed by atoms with Crippen LogP contribution in [0, 0.1) is 13.8 Å². The van der Waals surface area contributed by atoms with Gasteiger partial charge in [-0.3, -0.25) is 9.89 Å². The van der Waals surface area contributed by atoms with Gasteiger partial charge in [0.2, 0.25) is 5.91 Å². The lowest BCUT2D eigenvalue weighted by Gasteiger charge is -2.10. The summed E-state index contributed by atoms with van der Waals surface area (Å²) in [7, 11) is -3.32. The topological polar surface area (TPSA) is 117 Å². The first-order valence-corrected chi connectivity index (χ1v) is 12.9. The third-order valence-corrected chi connectivity index (χ3v) is 8.06. The molecular formula is C25H23N5O3S. The molecule has 1 fully saturated rings. The van der Waals surface area contributed by atoms with Crippen molar-refractivity contribution in [3.63, 3.8) is 0 Å². The molecule has 1 spiro atoms. The van der Waals surface area contributed by atoms with E-state index in [2.05, 4.69) is 44.0 Å². The highest BCUT2D eigenvalue weighted by Crippen LogP contribution is 2.65. The summed E-state index contributed by atoms with van der Waals surface area (Å²) in [5.74, 6) is 1.34. The zero-order valence-corrected chi connectivity index (χ0v) is 19.7. The van der Waals surface area contributed by atoms with Gasteiger partial charge in [-0.25, -0.2) is 13.4 Å². The van der Waals surface area contributed by atoms with E-state index in [9.17, 15) is 13.2 Å². The summed E-state index contributed by atoms with van der Waals surface area (Å²) in [5, 5.41) is 14.6. The predicted molar refractivity (Wildman–Crippen MR) is 130 cm³/mol. The van der Waals surface area contributed by atoms with Crippen molar-refractivity contribution >= 4 is 44.0 Å². The Morgan fingerprint density at radius 1 is 1.09 bits per heavy atom. The van der Waals surface area contributed by atoms with Crippen LogP contribution in [0.5, 0.6) is 0 Å². The Balaban J connectivity index is 1.30. The minimum atomic E-state index is -3.32.